The van der Waals surface area contributed by atoms with Gasteiger partial charge in [0.05, 0.1) is 18.7 Å². The molecule has 158 valence electrons. The van der Waals surface area contributed by atoms with E-state index in [0.717, 1.165) is 5.56 Å². The number of benzene rings is 2. The number of hydrogen-bond acceptors (Lipinski definition) is 5. The number of urea groups is 1. The minimum atomic E-state index is -0.789. The molecule has 9 nitrogen and oxygen atoms in total. The Labute approximate surface area is 179 Å². The molecule has 0 saturated carbocycles. The molecule has 3 rings (SSSR count). The highest BCUT2D eigenvalue weighted by molar-refractivity contribution is 6.16. The van der Waals surface area contributed by atoms with Crippen molar-refractivity contribution in [3.05, 3.63) is 81.4 Å². The molecule has 0 radical (unpaired) electrons. The van der Waals surface area contributed by atoms with Crippen molar-refractivity contribution in [1.82, 2.24) is 9.38 Å². The Bertz CT molecular complexity index is 1130. The fourth-order valence-corrected chi connectivity index (χ4v) is 3.58. The van der Waals surface area contributed by atoms with Gasteiger partial charge in [0.25, 0.3) is 0 Å². The number of azide groups is 1. The van der Waals surface area contributed by atoms with Crippen LogP contribution in [0.3, 0.4) is 0 Å². The van der Waals surface area contributed by atoms with E-state index >= 15 is 0 Å². The van der Waals surface area contributed by atoms with Crippen molar-refractivity contribution >= 4 is 29.7 Å². The van der Waals surface area contributed by atoms with E-state index in [1.165, 1.54) is 18.2 Å². The largest absolute Gasteiger partial charge is 0.535 e. The second-order valence-corrected chi connectivity index (χ2v) is 7.26. The van der Waals surface area contributed by atoms with Crippen molar-refractivity contribution in [3.63, 3.8) is 0 Å². The summed E-state index contributed by atoms with van der Waals surface area (Å²) in [5.74, 6) is -0.258. The summed E-state index contributed by atoms with van der Waals surface area (Å²) in [5.41, 5.74) is 11.0. The lowest BCUT2D eigenvalue weighted by Crippen LogP contribution is -2.57. The fourth-order valence-electron chi connectivity index (χ4n) is 3.58. The Morgan fingerprint density at radius 2 is 1.81 bits per heavy atom. The molecule has 0 bridgehead atoms. The van der Waals surface area contributed by atoms with E-state index in [9.17, 15) is 14.4 Å². The predicted molar refractivity (Wildman–Crippen MR) is 116 cm³/mol. The molecule has 1 aliphatic heterocycles. The molecule has 3 amide bonds. The smallest absolute Gasteiger partial charge is 0.422 e. The van der Waals surface area contributed by atoms with Crippen LogP contribution in [0.4, 0.5) is 15.3 Å². The number of carbonyl (C=O) groups is 3. The van der Waals surface area contributed by atoms with Crippen LogP contribution in [0.5, 0.6) is 0 Å². The average molecular weight is 420 g/mol. The molecule has 9 heteroatoms. The molecule has 0 saturated heterocycles. The molecule has 2 aromatic carbocycles. The minimum Gasteiger partial charge on any atom is -0.422 e. The Kier molecular flexibility index (Phi) is 5.92. The number of nitrogens with zero attached hydrogens (tertiary/aromatic N) is 5. The number of amides is 3. The number of hydrogen-bond donors (Lipinski definition) is 0. The summed E-state index contributed by atoms with van der Waals surface area (Å²) >= 11 is 0. The SMILES string of the molecule is COC(=O)[N+]1(C(=O)N(C)C)C=Cc2c(C(=O)c3ccc(C(C)N=[N+]=[N-])cc3)cccc21. The van der Waals surface area contributed by atoms with Gasteiger partial charge in [0.2, 0.25) is 0 Å². The summed E-state index contributed by atoms with van der Waals surface area (Å²) in [6.07, 6.45) is 2.26. The second-order valence-electron chi connectivity index (χ2n) is 7.26. The predicted octanol–water partition coefficient (Wildman–Crippen LogP) is 5.03. The maximum Gasteiger partial charge on any atom is 0.535 e. The molecular weight excluding hydrogens is 398 g/mol. The van der Waals surface area contributed by atoms with Crippen LogP contribution < -0.4 is 4.48 Å². The van der Waals surface area contributed by atoms with E-state index in [1.807, 2.05) is 0 Å². The maximum absolute atomic E-state index is 13.2. The van der Waals surface area contributed by atoms with Crippen LogP contribution in [0.1, 0.15) is 40.0 Å². The Hall–Kier alpha value is -3.94. The van der Waals surface area contributed by atoms with Gasteiger partial charge in [-0.25, -0.2) is 4.79 Å². The molecule has 0 spiro atoms. The summed E-state index contributed by atoms with van der Waals surface area (Å²) in [6.45, 7) is 1.76. The van der Waals surface area contributed by atoms with Crippen LogP contribution in [0, 0.1) is 0 Å². The normalized spacial score (nSPS) is 17.3. The Morgan fingerprint density at radius 1 is 1.13 bits per heavy atom. The maximum atomic E-state index is 13.2. The number of methoxy groups -OCH3 is 1. The van der Waals surface area contributed by atoms with Crippen molar-refractivity contribution in [1.29, 1.82) is 0 Å². The Balaban J connectivity index is 2.06. The van der Waals surface area contributed by atoms with Gasteiger partial charge in [0, 0.05) is 42.3 Å². The van der Waals surface area contributed by atoms with Crippen LogP contribution in [-0.4, -0.2) is 44.0 Å². The van der Waals surface area contributed by atoms with E-state index in [2.05, 4.69) is 10.0 Å². The third-order valence-corrected chi connectivity index (χ3v) is 5.20. The number of ether oxygens (including phenoxy) is 1. The highest BCUT2D eigenvalue weighted by atomic mass is 16.5. The van der Waals surface area contributed by atoms with E-state index < -0.39 is 16.6 Å². The van der Waals surface area contributed by atoms with Crippen molar-refractivity contribution in [2.24, 2.45) is 5.11 Å². The van der Waals surface area contributed by atoms with Gasteiger partial charge >= 0.3 is 12.1 Å². The zero-order valence-electron chi connectivity index (χ0n) is 17.6. The quantitative estimate of drug-likeness (QED) is 0.227. The zero-order chi connectivity index (χ0) is 22.8. The molecule has 0 aromatic heterocycles. The topological polar surface area (TPSA) is 112 Å². The van der Waals surface area contributed by atoms with Crippen LogP contribution in [-0.2, 0) is 4.74 Å². The molecule has 0 N–H and O–H groups in total. The van der Waals surface area contributed by atoms with E-state index in [-0.39, 0.29) is 11.8 Å². The van der Waals surface area contributed by atoms with Crippen LogP contribution >= 0.6 is 0 Å². The highest BCUT2D eigenvalue weighted by Gasteiger charge is 2.53. The van der Waals surface area contributed by atoms with Crippen molar-refractivity contribution < 1.29 is 19.1 Å². The third-order valence-electron chi connectivity index (χ3n) is 5.20. The minimum absolute atomic E-state index is 0.258. The van der Waals surface area contributed by atoms with Crippen LogP contribution in [0.2, 0.25) is 0 Å². The van der Waals surface area contributed by atoms with E-state index in [1.54, 1.807) is 69.6 Å². The van der Waals surface area contributed by atoms with Gasteiger partial charge in [0.15, 0.2) is 11.5 Å². The summed E-state index contributed by atoms with van der Waals surface area (Å²) in [6, 6.07) is 10.8. The first kappa shape index (κ1) is 21.8. The first-order chi connectivity index (χ1) is 14.8. The number of imide groups is 1. The molecule has 1 aliphatic rings. The van der Waals surface area contributed by atoms with Gasteiger partial charge in [0.1, 0.15) is 6.20 Å². The first-order valence-corrected chi connectivity index (χ1v) is 9.48. The lowest BCUT2D eigenvalue weighted by molar-refractivity contribution is 0.103. The number of fused-ring (bicyclic) bond motifs is 1. The molecule has 2 aromatic rings. The molecule has 0 aliphatic carbocycles. The lowest BCUT2D eigenvalue weighted by Gasteiger charge is -2.27. The molecular formula is C22H22N5O4+. The number of rotatable bonds is 4. The second kappa shape index (κ2) is 8.43. The number of quaternary nitrogens is 1. The van der Waals surface area contributed by atoms with Gasteiger partial charge in [-0.15, -0.1) is 0 Å². The van der Waals surface area contributed by atoms with Crippen molar-refractivity contribution in [3.8, 4) is 0 Å². The molecule has 2 unspecified atom stereocenters. The van der Waals surface area contributed by atoms with Gasteiger partial charge in [-0.2, -0.15) is 4.79 Å². The summed E-state index contributed by atoms with van der Waals surface area (Å²) in [7, 11) is 4.31. The van der Waals surface area contributed by atoms with E-state index in [0.29, 0.717) is 22.4 Å². The Morgan fingerprint density at radius 3 is 2.39 bits per heavy atom. The summed E-state index contributed by atoms with van der Waals surface area (Å²) in [5, 5.41) is 3.65. The lowest BCUT2D eigenvalue weighted by atomic mass is 9.96. The monoisotopic (exact) mass is 420 g/mol. The first-order valence-electron chi connectivity index (χ1n) is 9.48. The highest BCUT2D eigenvalue weighted by Crippen LogP contribution is 2.40. The molecule has 31 heavy (non-hydrogen) atoms. The fraction of sp³-hybridized carbons (Fsp3) is 0.227. The van der Waals surface area contributed by atoms with Crippen molar-refractivity contribution in [2.45, 2.75) is 13.0 Å². The summed E-state index contributed by atoms with van der Waals surface area (Å²) in [4.78, 5) is 43.0. The van der Waals surface area contributed by atoms with E-state index in [4.69, 9.17) is 10.3 Å². The van der Waals surface area contributed by atoms with Crippen LogP contribution in [0.25, 0.3) is 16.5 Å². The van der Waals surface area contributed by atoms with Crippen molar-refractivity contribution in [2.75, 3.05) is 21.2 Å². The van der Waals surface area contributed by atoms with Crippen LogP contribution in [0.15, 0.2) is 53.8 Å². The van der Waals surface area contributed by atoms with Gasteiger partial charge < -0.3 is 4.74 Å². The molecule has 2 atom stereocenters. The third kappa shape index (κ3) is 3.56. The summed E-state index contributed by atoms with van der Waals surface area (Å²) < 4.78 is 4.13. The van der Waals surface area contributed by atoms with Gasteiger partial charge in [-0.05, 0) is 17.2 Å². The average Bonchev–Trinajstić information content (AvgIpc) is 3.18. The standard InChI is InChI=1S/C22H22N5O4/c1-14(24-25-23)15-8-10-16(11-9-15)20(28)18-6-5-7-19-17(18)12-13-27(19,22(30)31-4)21(29)26(2)3/h5-14H,1-4H3/q+1. The molecule has 1 heterocycles. The number of carbonyl (C=O) groups excluding carboxylic acids is 3. The number of ketones is 1. The zero-order valence-corrected chi connectivity index (χ0v) is 17.6. The molecule has 0 fully saturated rings. The van der Waals surface area contributed by atoms with Gasteiger partial charge in [-0.1, -0.05) is 46.9 Å². The van der Waals surface area contributed by atoms with Gasteiger partial charge in [-0.3, -0.25) is 9.69 Å².